The second-order valence-corrected chi connectivity index (χ2v) is 7.86. The molecular weight excluding hydrogens is 314 g/mol. The first kappa shape index (κ1) is 14.3. The first-order valence-electron chi connectivity index (χ1n) is 6.50. The Labute approximate surface area is 127 Å². The van der Waals surface area contributed by atoms with Crippen molar-refractivity contribution in [3.8, 4) is 11.4 Å². The maximum Gasteiger partial charge on any atom is 0.182 e. The highest BCUT2D eigenvalue weighted by Crippen LogP contribution is 2.27. The van der Waals surface area contributed by atoms with Crippen LogP contribution in [0.5, 0.6) is 0 Å². The first-order chi connectivity index (χ1) is 9.97. The lowest BCUT2D eigenvalue weighted by molar-refractivity contribution is 0.534. The highest BCUT2D eigenvalue weighted by atomic mass is 35.5. The molecule has 9 heteroatoms. The van der Waals surface area contributed by atoms with Crippen molar-refractivity contribution in [2.75, 3.05) is 11.5 Å². The van der Waals surface area contributed by atoms with Gasteiger partial charge in [-0.2, -0.15) is 0 Å². The number of benzene rings is 1. The largest absolute Gasteiger partial charge is 0.398 e. The second kappa shape index (κ2) is 5.27. The first-order valence-corrected chi connectivity index (χ1v) is 8.60. The zero-order valence-electron chi connectivity index (χ0n) is 11.1. The molecule has 1 aliphatic heterocycles. The lowest BCUT2D eigenvalue weighted by Gasteiger charge is -2.10. The molecule has 1 unspecified atom stereocenters. The topological polar surface area (TPSA) is 104 Å². The molecule has 0 amide bonds. The number of hydrogen-bond acceptors (Lipinski definition) is 6. The van der Waals surface area contributed by atoms with E-state index in [-0.39, 0.29) is 12.3 Å². The summed E-state index contributed by atoms with van der Waals surface area (Å²) in [7, 11) is -3.04. The zero-order chi connectivity index (χ0) is 15.0. The van der Waals surface area contributed by atoms with Gasteiger partial charge in [0.05, 0.1) is 28.3 Å². The van der Waals surface area contributed by atoms with Gasteiger partial charge < -0.3 is 5.73 Å². The predicted octanol–water partition coefficient (Wildman–Crippen LogP) is 1.15. The van der Waals surface area contributed by atoms with Crippen LogP contribution in [0.4, 0.5) is 5.69 Å². The minimum Gasteiger partial charge on any atom is -0.398 e. The molecule has 0 saturated carbocycles. The van der Waals surface area contributed by atoms with E-state index in [4.69, 9.17) is 17.3 Å². The van der Waals surface area contributed by atoms with Gasteiger partial charge in [0, 0.05) is 5.56 Å². The molecule has 0 aliphatic carbocycles. The van der Waals surface area contributed by atoms with Gasteiger partial charge in [-0.05, 0) is 41.5 Å². The number of sulfone groups is 1. The molecule has 2 aromatic rings. The lowest BCUT2D eigenvalue weighted by Crippen LogP contribution is -2.23. The number of hydrogen-bond donors (Lipinski definition) is 1. The molecule has 0 bridgehead atoms. The third-order valence-corrected chi connectivity index (χ3v) is 6.23. The van der Waals surface area contributed by atoms with E-state index in [0.29, 0.717) is 34.9 Å². The van der Waals surface area contributed by atoms with Crippen LogP contribution in [0, 0.1) is 0 Å². The molecule has 0 radical (unpaired) electrons. The van der Waals surface area contributed by atoms with Gasteiger partial charge in [-0.25, -0.2) is 13.1 Å². The van der Waals surface area contributed by atoms with Crippen LogP contribution in [0.25, 0.3) is 11.4 Å². The van der Waals surface area contributed by atoms with Crippen molar-refractivity contribution in [2.24, 2.45) is 0 Å². The molecule has 0 spiro atoms. The Balaban J connectivity index is 1.92. The van der Waals surface area contributed by atoms with E-state index < -0.39 is 15.1 Å². The molecule has 1 aromatic carbocycles. The zero-order valence-corrected chi connectivity index (χ0v) is 12.7. The van der Waals surface area contributed by atoms with E-state index in [0.717, 1.165) is 0 Å². The quantitative estimate of drug-likeness (QED) is 0.848. The summed E-state index contributed by atoms with van der Waals surface area (Å²) in [6, 6.07) is 5.09. The predicted molar refractivity (Wildman–Crippen MR) is 79.5 cm³/mol. The fraction of sp³-hybridized carbons (Fsp3) is 0.417. The summed E-state index contributed by atoms with van der Waals surface area (Å²) in [5, 5.41) is 11.5. The van der Waals surface area contributed by atoms with Gasteiger partial charge in [-0.1, -0.05) is 11.6 Å². The van der Waals surface area contributed by atoms with Crippen LogP contribution in [-0.2, 0) is 16.4 Å². The third kappa shape index (κ3) is 2.73. The van der Waals surface area contributed by atoms with E-state index in [1.54, 1.807) is 18.2 Å². The number of halogens is 1. The SMILES string of the molecule is Nc1cc(-c2nnnn2CC2CCCS2(=O)=O)ccc1Cl. The summed E-state index contributed by atoms with van der Waals surface area (Å²) in [4.78, 5) is 0. The smallest absolute Gasteiger partial charge is 0.182 e. The molecule has 1 saturated heterocycles. The monoisotopic (exact) mass is 327 g/mol. The van der Waals surface area contributed by atoms with E-state index >= 15 is 0 Å². The van der Waals surface area contributed by atoms with Crippen molar-refractivity contribution in [3.63, 3.8) is 0 Å². The Morgan fingerprint density at radius 3 is 2.90 bits per heavy atom. The van der Waals surface area contributed by atoms with Gasteiger partial charge in [0.1, 0.15) is 0 Å². The van der Waals surface area contributed by atoms with E-state index in [1.165, 1.54) is 4.68 Å². The number of nitrogen functional groups attached to an aromatic ring is 1. The van der Waals surface area contributed by atoms with Crippen LogP contribution in [0.2, 0.25) is 5.02 Å². The maximum atomic E-state index is 11.9. The summed E-state index contributed by atoms with van der Waals surface area (Å²) < 4.78 is 25.3. The summed E-state index contributed by atoms with van der Waals surface area (Å²) in [6.45, 7) is 0.257. The average molecular weight is 328 g/mol. The number of aromatic nitrogens is 4. The van der Waals surface area contributed by atoms with Gasteiger partial charge >= 0.3 is 0 Å². The van der Waals surface area contributed by atoms with Gasteiger partial charge in [0.2, 0.25) is 0 Å². The fourth-order valence-electron chi connectivity index (χ4n) is 2.47. The lowest BCUT2D eigenvalue weighted by atomic mass is 10.2. The van der Waals surface area contributed by atoms with E-state index in [2.05, 4.69) is 15.5 Å². The van der Waals surface area contributed by atoms with Crippen LogP contribution < -0.4 is 5.73 Å². The summed E-state index contributed by atoms with van der Waals surface area (Å²) >= 11 is 5.89. The van der Waals surface area contributed by atoms with Crippen molar-refractivity contribution >= 4 is 27.1 Å². The van der Waals surface area contributed by atoms with Crippen LogP contribution in [0.1, 0.15) is 12.8 Å². The highest BCUT2D eigenvalue weighted by molar-refractivity contribution is 7.92. The molecule has 2 N–H and O–H groups in total. The molecule has 2 heterocycles. The van der Waals surface area contributed by atoms with Crippen LogP contribution in [-0.4, -0.2) is 39.6 Å². The number of nitrogens with zero attached hydrogens (tertiary/aromatic N) is 4. The average Bonchev–Trinajstić information content (AvgIpc) is 3.01. The Morgan fingerprint density at radius 1 is 1.43 bits per heavy atom. The molecule has 1 atom stereocenters. The third-order valence-electron chi connectivity index (χ3n) is 3.63. The normalized spacial score (nSPS) is 20.7. The van der Waals surface area contributed by atoms with Crippen molar-refractivity contribution < 1.29 is 8.42 Å². The minimum absolute atomic E-state index is 0.239. The van der Waals surface area contributed by atoms with Gasteiger partial charge in [0.15, 0.2) is 15.7 Å². The van der Waals surface area contributed by atoms with Gasteiger partial charge in [-0.15, -0.1) is 5.10 Å². The molecule has 1 fully saturated rings. The van der Waals surface area contributed by atoms with Gasteiger partial charge in [-0.3, -0.25) is 0 Å². The molecular formula is C12H14ClN5O2S. The number of tetrazole rings is 1. The van der Waals surface area contributed by atoms with E-state index in [9.17, 15) is 8.42 Å². The minimum atomic E-state index is -3.04. The Hall–Kier alpha value is -1.67. The highest BCUT2D eigenvalue weighted by Gasteiger charge is 2.32. The Bertz CT molecular complexity index is 774. The van der Waals surface area contributed by atoms with Gasteiger partial charge in [0.25, 0.3) is 0 Å². The maximum absolute atomic E-state index is 11.9. The van der Waals surface area contributed by atoms with Crippen LogP contribution in [0.3, 0.4) is 0 Å². The van der Waals surface area contributed by atoms with Crippen molar-refractivity contribution in [3.05, 3.63) is 23.2 Å². The number of nitrogens with two attached hydrogens (primary N) is 1. The summed E-state index contributed by atoms with van der Waals surface area (Å²) in [6.07, 6.45) is 1.34. The van der Waals surface area contributed by atoms with Crippen LogP contribution >= 0.6 is 11.6 Å². The number of anilines is 1. The Morgan fingerprint density at radius 2 is 2.24 bits per heavy atom. The number of rotatable bonds is 3. The molecule has 3 rings (SSSR count). The van der Waals surface area contributed by atoms with Crippen molar-refractivity contribution in [2.45, 2.75) is 24.6 Å². The standard InChI is InChI=1S/C12H14ClN5O2S/c13-10-4-3-8(6-11(10)14)12-15-16-17-18(12)7-9-2-1-5-21(9,19)20/h3-4,6,9H,1-2,5,7,14H2. The molecule has 1 aromatic heterocycles. The van der Waals surface area contributed by atoms with Crippen LogP contribution in [0.15, 0.2) is 18.2 Å². The fourth-order valence-corrected chi connectivity index (χ4v) is 4.39. The van der Waals surface area contributed by atoms with Crippen molar-refractivity contribution in [1.82, 2.24) is 20.2 Å². The second-order valence-electron chi connectivity index (χ2n) is 5.05. The molecule has 21 heavy (non-hydrogen) atoms. The summed E-state index contributed by atoms with van der Waals surface area (Å²) in [5.74, 6) is 0.726. The molecule has 1 aliphatic rings. The molecule has 112 valence electrons. The van der Waals surface area contributed by atoms with E-state index in [1.807, 2.05) is 0 Å². The molecule has 7 nitrogen and oxygen atoms in total. The Kier molecular flexibility index (Phi) is 3.58. The summed E-state index contributed by atoms with van der Waals surface area (Å²) in [5.41, 5.74) is 6.91. The van der Waals surface area contributed by atoms with Crippen molar-refractivity contribution in [1.29, 1.82) is 0 Å².